The number of carboxylic acid groups (broad SMARTS) is 1. The van der Waals surface area contributed by atoms with E-state index < -0.39 is 12.3 Å². The highest BCUT2D eigenvalue weighted by atomic mass is 19.1. The van der Waals surface area contributed by atoms with E-state index in [4.69, 9.17) is 5.11 Å². The molecule has 3 rings (SSSR count). The lowest BCUT2D eigenvalue weighted by Crippen LogP contribution is -2.13. The number of aromatic nitrogens is 1. The molecule has 90 valence electrons. The molecule has 0 amide bonds. The minimum Gasteiger partial charge on any atom is -0.478 e. The van der Waals surface area contributed by atoms with E-state index in [1.54, 1.807) is 24.3 Å². The largest absolute Gasteiger partial charge is 0.478 e. The molecule has 1 heterocycles. The Morgan fingerprint density at radius 2 is 1.44 bits per heavy atom. The number of fused-ring (bicyclic) bond motifs is 3. The Kier molecular flexibility index (Phi) is 2.30. The number of alkyl halides is 1. The van der Waals surface area contributed by atoms with Crippen molar-refractivity contribution in [1.29, 1.82) is 0 Å². The van der Waals surface area contributed by atoms with Gasteiger partial charge in [0.15, 0.2) is 0 Å². The van der Waals surface area contributed by atoms with Gasteiger partial charge in [-0.1, -0.05) is 36.4 Å². The molecule has 0 aliphatic rings. The Morgan fingerprint density at radius 1 is 1.00 bits per heavy atom. The third-order valence-corrected chi connectivity index (χ3v) is 3.05. The number of rotatable bonds is 2. The standard InChI is InChI=1S/C14H10FNO2/c15-13(14(17)18)16-11-7-3-1-5-9(11)10-6-2-4-8-12(10)16/h1-8,13H,(H,17,18). The Hall–Kier alpha value is -2.36. The van der Waals surface area contributed by atoms with E-state index in [0.29, 0.717) is 11.0 Å². The van der Waals surface area contributed by atoms with Crippen molar-refractivity contribution in [2.75, 3.05) is 0 Å². The van der Waals surface area contributed by atoms with Gasteiger partial charge in [-0.3, -0.25) is 0 Å². The maximum absolute atomic E-state index is 13.9. The molecule has 0 fully saturated rings. The zero-order valence-electron chi connectivity index (χ0n) is 9.38. The topological polar surface area (TPSA) is 42.2 Å². The Bertz CT molecular complexity index is 694. The van der Waals surface area contributed by atoms with Gasteiger partial charge >= 0.3 is 5.97 Å². The summed E-state index contributed by atoms with van der Waals surface area (Å²) in [6.45, 7) is 0. The quantitative estimate of drug-likeness (QED) is 0.750. The van der Waals surface area contributed by atoms with Crippen LogP contribution < -0.4 is 0 Å². The van der Waals surface area contributed by atoms with Gasteiger partial charge in [0, 0.05) is 10.8 Å². The van der Waals surface area contributed by atoms with Crippen molar-refractivity contribution in [3.63, 3.8) is 0 Å². The van der Waals surface area contributed by atoms with E-state index in [0.717, 1.165) is 10.8 Å². The van der Waals surface area contributed by atoms with Gasteiger partial charge < -0.3 is 9.67 Å². The minimum absolute atomic E-state index is 0.591. The van der Waals surface area contributed by atoms with Crippen LogP contribution in [0.1, 0.15) is 6.30 Å². The second-order valence-corrected chi connectivity index (χ2v) is 4.08. The number of hydrogen-bond donors (Lipinski definition) is 1. The molecule has 18 heavy (non-hydrogen) atoms. The lowest BCUT2D eigenvalue weighted by molar-refractivity contribution is -0.146. The first kappa shape index (κ1) is 10.8. The summed E-state index contributed by atoms with van der Waals surface area (Å²) in [5, 5.41) is 10.6. The van der Waals surface area contributed by atoms with E-state index in [2.05, 4.69) is 0 Å². The molecule has 1 atom stereocenters. The van der Waals surface area contributed by atoms with Gasteiger partial charge in [0.2, 0.25) is 0 Å². The van der Waals surface area contributed by atoms with Gasteiger partial charge in [-0.05, 0) is 12.1 Å². The van der Waals surface area contributed by atoms with E-state index in [-0.39, 0.29) is 0 Å². The number of halogens is 1. The third-order valence-electron chi connectivity index (χ3n) is 3.05. The lowest BCUT2D eigenvalue weighted by atomic mass is 10.2. The first-order chi connectivity index (χ1) is 8.70. The van der Waals surface area contributed by atoms with Gasteiger partial charge in [0.05, 0.1) is 11.0 Å². The lowest BCUT2D eigenvalue weighted by Gasteiger charge is -2.08. The summed E-state index contributed by atoms with van der Waals surface area (Å²) >= 11 is 0. The van der Waals surface area contributed by atoms with Crippen molar-refractivity contribution in [2.24, 2.45) is 0 Å². The number of carboxylic acids is 1. The molecule has 0 saturated carbocycles. The Balaban J connectivity index is 2.49. The van der Waals surface area contributed by atoms with Crippen LogP contribution in [0, 0.1) is 0 Å². The highest BCUT2D eigenvalue weighted by Gasteiger charge is 2.22. The predicted molar refractivity (Wildman–Crippen MR) is 67.2 cm³/mol. The summed E-state index contributed by atoms with van der Waals surface area (Å²) in [4.78, 5) is 10.9. The van der Waals surface area contributed by atoms with E-state index in [1.165, 1.54) is 4.57 Å². The summed E-state index contributed by atoms with van der Waals surface area (Å²) in [7, 11) is 0. The molecule has 3 nitrogen and oxygen atoms in total. The van der Waals surface area contributed by atoms with Crippen molar-refractivity contribution in [3.05, 3.63) is 48.5 Å². The molecule has 0 bridgehead atoms. The van der Waals surface area contributed by atoms with Crippen molar-refractivity contribution < 1.29 is 14.3 Å². The van der Waals surface area contributed by atoms with Crippen LogP contribution in [0.15, 0.2) is 48.5 Å². The van der Waals surface area contributed by atoms with E-state index >= 15 is 0 Å². The summed E-state index contributed by atoms with van der Waals surface area (Å²) < 4.78 is 15.1. The molecule has 0 aliphatic heterocycles. The van der Waals surface area contributed by atoms with Crippen LogP contribution in [-0.4, -0.2) is 15.6 Å². The SMILES string of the molecule is O=C(O)C(F)n1c2ccccc2c2ccccc21. The van der Waals surface area contributed by atoms with Crippen LogP contribution in [0.3, 0.4) is 0 Å². The molecular weight excluding hydrogens is 233 g/mol. The number of para-hydroxylation sites is 2. The normalized spacial score (nSPS) is 12.9. The fraction of sp³-hybridized carbons (Fsp3) is 0.0714. The second-order valence-electron chi connectivity index (χ2n) is 4.08. The van der Waals surface area contributed by atoms with E-state index in [9.17, 15) is 9.18 Å². The molecule has 2 aromatic carbocycles. The van der Waals surface area contributed by atoms with Gasteiger partial charge in [-0.2, -0.15) is 0 Å². The molecule has 1 N–H and O–H groups in total. The molecular formula is C14H10FNO2. The fourth-order valence-corrected chi connectivity index (χ4v) is 2.31. The average molecular weight is 243 g/mol. The molecule has 1 unspecified atom stereocenters. The van der Waals surface area contributed by atoms with E-state index in [1.807, 2.05) is 24.3 Å². The van der Waals surface area contributed by atoms with Gasteiger partial charge in [-0.25, -0.2) is 9.18 Å². The van der Waals surface area contributed by atoms with Gasteiger partial charge in [0.1, 0.15) is 0 Å². The molecule has 3 aromatic rings. The fourth-order valence-electron chi connectivity index (χ4n) is 2.31. The number of benzene rings is 2. The van der Waals surface area contributed by atoms with Crippen LogP contribution >= 0.6 is 0 Å². The molecule has 0 spiro atoms. The van der Waals surface area contributed by atoms with Gasteiger partial charge in [-0.15, -0.1) is 0 Å². The molecule has 0 saturated heterocycles. The number of carbonyl (C=O) groups is 1. The highest BCUT2D eigenvalue weighted by molar-refractivity contribution is 6.08. The average Bonchev–Trinajstić information content (AvgIpc) is 2.72. The molecule has 0 radical (unpaired) electrons. The number of nitrogens with zero attached hydrogens (tertiary/aromatic N) is 1. The first-order valence-electron chi connectivity index (χ1n) is 5.54. The van der Waals surface area contributed by atoms with Crippen molar-refractivity contribution in [1.82, 2.24) is 4.57 Å². The van der Waals surface area contributed by atoms with Crippen molar-refractivity contribution in [3.8, 4) is 0 Å². The monoisotopic (exact) mass is 243 g/mol. The maximum atomic E-state index is 13.9. The summed E-state index contributed by atoms with van der Waals surface area (Å²) in [5.74, 6) is -1.48. The molecule has 0 aliphatic carbocycles. The Labute approximate surface area is 102 Å². The second kappa shape index (κ2) is 3.84. The Morgan fingerprint density at radius 3 is 1.89 bits per heavy atom. The summed E-state index contributed by atoms with van der Waals surface area (Å²) in [6, 6.07) is 14.4. The summed E-state index contributed by atoms with van der Waals surface area (Å²) in [5.41, 5.74) is 1.18. The number of hydrogen-bond acceptors (Lipinski definition) is 1. The highest BCUT2D eigenvalue weighted by Crippen LogP contribution is 2.31. The maximum Gasteiger partial charge on any atom is 0.359 e. The summed E-state index contributed by atoms with van der Waals surface area (Å²) in [6.07, 6.45) is -2.07. The number of aliphatic carboxylic acids is 1. The van der Waals surface area contributed by atoms with Gasteiger partial charge in [0.25, 0.3) is 6.30 Å². The van der Waals surface area contributed by atoms with Crippen molar-refractivity contribution in [2.45, 2.75) is 6.30 Å². The first-order valence-corrected chi connectivity index (χ1v) is 5.54. The minimum atomic E-state index is -2.07. The van der Waals surface area contributed by atoms with Crippen molar-refractivity contribution >= 4 is 27.8 Å². The zero-order chi connectivity index (χ0) is 12.7. The predicted octanol–water partition coefficient (Wildman–Crippen LogP) is 3.35. The van der Waals surface area contributed by atoms with Crippen LogP contribution in [0.25, 0.3) is 21.8 Å². The van der Waals surface area contributed by atoms with Crippen LogP contribution in [-0.2, 0) is 4.79 Å². The third kappa shape index (κ3) is 1.39. The molecule has 1 aromatic heterocycles. The zero-order valence-corrected chi connectivity index (χ0v) is 9.38. The smallest absolute Gasteiger partial charge is 0.359 e. The van der Waals surface area contributed by atoms with Crippen LogP contribution in [0.5, 0.6) is 0 Å². The van der Waals surface area contributed by atoms with Crippen LogP contribution in [0.2, 0.25) is 0 Å². The van der Waals surface area contributed by atoms with Crippen LogP contribution in [0.4, 0.5) is 4.39 Å². The molecule has 4 heteroatoms.